The summed E-state index contributed by atoms with van der Waals surface area (Å²) in [5.74, 6) is 0.776. The first-order valence-corrected chi connectivity index (χ1v) is 8.39. The summed E-state index contributed by atoms with van der Waals surface area (Å²) in [5, 5.41) is 3.34. The Hall–Kier alpha value is -2.05. The molecule has 1 aromatic rings. The third-order valence-corrected chi connectivity index (χ3v) is 4.91. The molecule has 0 spiro atoms. The fourth-order valence-electron chi connectivity index (χ4n) is 3.46. The predicted molar refractivity (Wildman–Crippen MR) is 89.9 cm³/mol. The molecule has 1 atom stereocenters. The molecule has 7 heteroatoms. The van der Waals surface area contributed by atoms with Gasteiger partial charge in [-0.1, -0.05) is 11.6 Å². The molecule has 0 aromatic heterocycles. The number of fused-ring (bicyclic) bond motifs is 2. The summed E-state index contributed by atoms with van der Waals surface area (Å²) in [6.45, 7) is 3.27. The Kier molecular flexibility index (Phi) is 3.94. The van der Waals surface area contributed by atoms with Crippen molar-refractivity contribution >= 4 is 29.5 Å². The highest BCUT2D eigenvalue weighted by molar-refractivity contribution is 6.30. The molecule has 0 radical (unpaired) electrons. The van der Waals surface area contributed by atoms with Gasteiger partial charge < -0.3 is 15.0 Å². The van der Waals surface area contributed by atoms with E-state index in [1.54, 1.807) is 4.90 Å². The lowest BCUT2D eigenvalue weighted by molar-refractivity contribution is -0.148. The van der Waals surface area contributed by atoms with E-state index in [1.165, 1.54) is 0 Å². The Morgan fingerprint density at radius 3 is 3.04 bits per heavy atom. The van der Waals surface area contributed by atoms with Crippen LogP contribution in [0.5, 0.6) is 5.75 Å². The molecule has 4 rings (SSSR count). The molecular weight excluding hydrogens is 330 g/mol. The summed E-state index contributed by atoms with van der Waals surface area (Å²) < 4.78 is 5.78. The van der Waals surface area contributed by atoms with Crippen LogP contribution in [0.4, 0.5) is 0 Å². The van der Waals surface area contributed by atoms with Crippen molar-refractivity contribution in [1.29, 1.82) is 0 Å². The quantitative estimate of drug-likeness (QED) is 0.858. The van der Waals surface area contributed by atoms with Crippen LogP contribution in [0.1, 0.15) is 5.56 Å². The summed E-state index contributed by atoms with van der Waals surface area (Å²) in [7, 11) is 0. The SMILES string of the molecule is O=C1NCC(=O)N2CCN(CC3=Cc4cc(Cl)ccc4OC3)C[C@H]12. The number of piperazine rings is 2. The molecule has 2 amide bonds. The highest BCUT2D eigenvalue weighted by Gasteiger charge is 2.38. The van der Waals surface area contributed by atoms with E-state index in [2.05, 4.69) is 16.3 Å². The van der Waals surface area contributed by atoms with Crippen molar-refractivity contribution in [2.24, 2.45) is 0 Å². The Bertz CT molecular complexity index is 734. The third-order valence-electron chi connectivity index (χ3n) is 4.67. The minimum absolute atomic E-state index is 0.00281. The van der Waals surface area contributed by atoms with E-state index in [4.69, 9.17) is 16.3 Å². The number of nitrogens with one attached hydrogen (secondary N) is 1. The number of rotatable bonds is 2. The van der Waals surface area contributed by atoms with Crippen LogP contribution < -0.4 is 10.1 Å². The van der Waals surface area contributed by atoms with E-state index in [-0.39, 0.29) is 24.4 Å². The standard InChI is InChI=1S/C17H18ClN3O3/c18-13-1-2-15-12(6-13)5-11(10-24-15)8-20-3-4-21-14(9-20)17(23)19-7-16(21)22/h1-2,5-6,14H,3-4,7-10H2,(H,19,23)/t14-/m1/s1. The smallest absolute Gasteiger partial charge is 0.244 e. The zero-order valence-electron chi connectivity index (χ0n) is 13.1. The van der Waals surface area contributed by atoms with Crippen LogP contribution in [0.2, 0.25) is 5.02 Å². The van der Waals surface area contributed by atoms with Crippen molar-refractivity contribution in [1.82, 2.24) is 15.1 Å². The van der Waals surface area contributed by atoms with Gasteiger partial charge in [0.25, 0.3) is 0 Å². The first-order chi connectivity index (χ1) is 11.6. The minimum Gasteiger partial charge on any atom is -0.489 e. The molecular formula is C17H18ClN3O3. The molecule has 3 aliphatic rings. The summed E-state index contributed by atoms with van der Waals surface area (Å²) >= 11 is 6.05. The monoisotopic (exact) mass is 347 g/mol. The number of hydrogen-bond acceptors (Lipinski definition) is 4. The van der Waals surface area contributed by atoms with Gasteiger partial charge in [-0.25, -0.2) is 0 Å². The van der Waals surface area contributed by atoms with Crippen molar-refractivity contribution in [3.63, 3.8) is 0 Å². The molecule has 1 aromatic carbocycles. The van der Waals surface area contributed by atoms with Gasteiger partial charge in [0, 0.05) is 36.8 Å². The zero-order valence-corrected chi connectivity index (χ0v) is 13.9. The van der Waals surface area contributed by atoms with Gasteiger partial charge in [-0.05, 0) is 29.8 Å². The lowest BCUT2D eigenvalue weighted by Crippen LogP contribution is -2.66. The van der Waals surface area contributed by atoms with Crippen molar-refractivity contribution in [3.8, 4) is 5.75 Å². The number of benzene rings is 1. The molecule has 0 aliphatic carbocycles. The van der Waals surface area contributed by atoms with Gasteiger partial charge in [0.1, 0.15) is 18.4 Å². The van der Waals surface area contributed by atoms with E-state index in [9.17, 15) is 9.59 Å². The molecule has 1 N–H and O–H groups in total. The first kappa shape index (κ1) is 15.5. The second kappa shape index (κ2) is 6.11. The molecule has 126 valence electrons. The van der Waals surface area contributed by atoms with Gasteiger partial charge in [-0.3, -0.25) is 14.5 Å². The fourth-order valence-corrected chi connectivity index (χ4v) is 3.64. The van der Waals surface area contributed by atoms with Crippen molar-refractivity contribution in [3.05, 3.63) is 34.4 Å². The second-order valence-corrected chi connectivity index (χ2v) is 6.77. The Morgan fingerprint density at radius 2 is 2.17 bits per heavy atom. The van der Waals surface area contributed by atoms with E-state index >= 15 is 0 Å². The number of ether oxygens (including phenoxy) is 1. The summed E-state index contributed by atoms with van der Waals surface area (Å²) in [6.07, 6.45) is 2.10. The van der Waals surface area contributed by atoms with Crippen molar-refractivity contribution < 1.29 is 14.3 Å². The van der Waals surface area contributed by atoms with Crippen molar-refractivity contribution in [2.75, 3.05) is 39.3 Å². The van der Waals surface area contributed by atoms with Crippen LogP contribution in [-0.2, 0) is 9.59 Å². The lowest BCUT2D eigenvalue weighted by Gasteiger charge is -2.43. The molecule has 24 heavy (non-hydrogen) atoms. The van der Waals surface area contributed by atoms with E-state index in [1.807, 2.05) is 18.2 Å². The molecule has 0 unspecified atom stereocenters. The second-order valence-electron chi connectivity index (χ2n) is 6.33. The maximum atomic E-state index is 12.0. The Labute approximate surface area is 145 Å². The van der Waals surface area contributed by atoms with Gasteiger partial charge in [-0.2, -0.15) is 0 Å². The highest BCUT2D eigenvalue weighted by Crippen LogP contribution is 2.29. The molecule has 0 saturated carbocycles. The topological polar surface area (TPSA) is 61.9 Å². The Balaban J connectivity index is 1.47. The van der Waals surface area contributed by atoms with Gasteiger partial charge in [0.15, 0.2) is 0 Å². The maximum absolute atomic E-state index is 12.0. The predicted octanol–water partition coefficient (Wildman–Crippen LogP) is 0.758. The number of amides is 2. The number of nitrogens with zero attached hydrogens (tertiary/aromatic N) is 2. The normalized spacial score (nSPS) is 23.8. The summed E-state index contributed by atoms with van der Waals surface area (Å²) in [5.41, 5.74) is 2.12. The first-order valence-electron chi connectivity index (χ1n) is 8.01. The molecule has 3 aliphatic heterocycles. The lowest BCUT2D eigenvalue weighted by atomic mass is 10.0. The fraction of sp³-hybridized carbons (Fsp3) is 0.412. The molecule has 3 heterocycles. The largest absolute Gasteiger partial charge is 0.489 e. The van der Waals surface area contributed by atoms with Crippen LogP contribution >= 0.6 is 11.6 Å². The van der Waals surface area contributed by atoms with Gasteiger partial charge >= 0.3 is 0 Å². The van der Waals surface area contributed by atoms with E-state index < -0.39 is 0 Å². The van der Waals surface area contributed by atoms with Crippen LogP contribution in [0.3, 0.4) is 0 Å². The molecule has 6 nitrogen and oxygen atoms in total. The molecule has 2 saturated heterocycles. The van der Waals surface area contributed by atoms with Crippen LogP contribution in [0.25, 0.3) is 6.08 Å². The number of carbonyl (C=O) groups is 2. The van der Waals surface area contributed by atoms with Crippen LogP contribution in [0.15, 0.2) is 23.8 Å². The van der Waals surface area contributed by atoms with E-state index in [0.29, 0.717) is 24.7 Å². The number of halogens is 1. The maximum Gasteiger partial charge on any atom is 0.244 e. The summed E-state index contributed by atoms with van der Waals surface area (Å²) in [4.78, 5) is 27.8. The van der Waals surface area contributed by atoms with Gasteiger partial charge in [-0.15, -0.1) is 0 Å². The molecule has 0 bridgehead atoms. The van der Waals surface area contributed by atoms with Crippen LogP contribution in [0, 0.1) is 0 Å². The number of hydrogen-bond donors (Lipinski definition) is 1. The van der Waals surface area contributed by atoms with Gasteiger partial charge in [0.05, 0.1) is 6.54 Å². The van der Waals surface area contributed by atoms with Crippen molar-refractivity contribution in [2.45, 2.75) is 6.04 Å². The molecule has 2 fully saturated rings. The van der Waals surface area contributed by atoms with Gasteiger partial charge in [0.2, 0.25) is 11.8 Å². The number of carbonyl (C=O) groups excluding carboxylic acids is 2. The summed E-state index contributed by atoms with van der Waals surface area (Å²) in [6, 6.07) is 5.20. The minimum atomic E-state index is -0.383. The Morgan fingerprint density at radius 1 is 1.29 bits per heavy atom. The van der Waals surface area contributed by atoms with Crippen LogP contribution in [-0.4, -0.2) is 67.0 Å². The average molecular weight is 348 g/mol. The third kappa shape index (κ3) is 2.87. The van der Waals surface area contributed by atoms with E-state index in [0.717, 1.165) is 30.0 Å². The average Bonchev–Trinajstić information content (AvgIpc) is 2.58. The highest BCUT2D eigenvalue weighted by atomic mass is 35.5. The zero-order chi connectivity index (χ0) is 16.7.